The van der Waals surface area contributed by atoms with Crippen molar-refractivity contribution >= 4 is 23.2 Å². The van der Waals surface area contributed by atoms with Gasteiger partial charge in [0.25, 0.3) is 17.2 Å². The van der Waals surface area contributed by atoms with Crippen molar-refractivity contribution in [1.82, 2.24) is 9.55 Å². The number of amides is 1. The van der Waals surface area contributed by atoms with Crippen molar-refractivity contribution in [2.24, 2.45) is 0 Å². The molecule has 3 N–H and O–H groups in total. The first kappa shape index (κ1) is 19.8. The summed E-state index contributed by atoms with van der Waals surface area (Å²) in [5.74, 6) is -1.92. The third kappa shape index (κ3) is 4.01. The van der Waals surface area contributed by atoms with Crippen molar-refractivity contribution in [2.45, 2.75) is 13.5 Å². The van der Waals surface area contributed by atoms with E-state index in [-0.39, 0.29) is 23.6 Å². The molecule has 29 heavy (non-hydrogen) atoms. The number of hydrogen-bond donors (Lipinski definition) is 2. The minimum absolute atomic E-state index is 0.100. The van der Waals surface area contributed by atoms with E-state index < -0.39 is 22.9 Å². The first-order valence-corrected chi connectivity index (χ1v) is 8.85. The highest BCUT2D eigenvalue weighted by Crippen LogP contribution is 2.17. The summed E-state index contributed by atoms with van der Waals surface area (Å²) in [5, 5.41) is 0. The second-order valence-corrected chi connectivity index (χ2v) is 6.62. The first-order valence-electron chi connectivity index (χ1n) is 8.85. The van der Waals surface area contributed by atoms with Crippen molar-refractivity contribution in [3.8, 4) is 0 Å². The second-order valence-electron chi connectivity index (χ2n) is 6.62. The lowest BCUT2D eigenvalue weighted by Crippen LogP contribution is -2.41. The normalized spacial score (nSPS) is 10.6. The highest BCUT2D eigenvalue weighted by Gasteiger charge is 2.26. The predicted octanol–water partition coefficient (Wildman–Crippen LogP) is 1.32. The summed E-state index contributed by atoms with van der Waals surface area (Å²) in [4.78, 5) is 52.8. The number of aryl methyl sites for hydroxylation is 1. The Morgan fingerprint density at radius 3 is 2.28 bits per heavy atom. The number of rotatable bonds is 5. The van der Waals surface area contributed by atoms with Crippen LogP contribution in [0.3, 0.4) is 0 Å². The summed E-state index contributed by atoms with van der Waals surface area (Å²) in [6.45, 7) is 1.96. The van der Waals surface area contributed by atoms with Crippen molar-refractivity contribution in [1.29, 1.82) is 0 Å². The van der Waals surface area contributed by atoms with Gasteiger partial charge in [-0.15, -0.1) is 0 Å². The van der Waals surface area contributed by atoms with E-state index in [1.54, 1.807) is 36.4 Å². The average molecular weight is 392 g/mol. The Hall–Kier alpha value is -3.94. The maximum Gasteiger partial charge on any atom is 0.330 e. The van der Waals surface area contributed by atoms with Gasteiger partial charge < -0.3 is 10.6 Å². The lowest BCUT2D eigenvalue weighted by atomic mass is 10.1. The number of benzene rings is 2. The van der Waals surface area contributed by atoms with Gasteiger partial charge >= 0.3 is 5.69 Å². The number of nitrogens with two attached hydrogens (primary N) is 1. The molecular weight excluding hydrogens is 372 g/mol. The van der Waals surface area contributed by atoms with Crippen molar-refractivity contribution in [3.63, 3.8) is 0 Å². The molecule has 3 aromatic rings. The Labute approximate surface area is 166 Å². The van der Waals surface area contributed by atoms with Gasteiger partial charge in [0.2, 0.25) is 0 Å². The highest BCUT2D eigenvalue weighted by molar-refractivity contribution is 6.47. The molecule has 8 heteroatoms. The van der Waals surface area contributed by atoms with E-state index in [9.17, 15) is 19.2 Å². The van der Waals surface area contributed by atoms with E-state index in [2.05, 4.69) is 4.98 Å². The zero-order valence-electron chi connectivity index (χ0n) is 16.0. The summed E-state index contributed by atoms with van der Waals surface area (Å²) in [5.41, 5.74) is 6.18. The Balaban J connectivity index is 1.99. The molecule has 1 amide bonds. The summed E-state index contributed by atoms with van der Waals surface area (Å²) in [6, 6.07) is 15.5. The summed E-state index contributed by atoms with van der Waals surface area (Å²) in [6.07, 6.45) is 0. The van der Waals surface area contributed by atoms with E-state index in [0.717, 1.165) is 20.6 Å². The van der Waals surface area contributed by atoms with Gasteiger partial charge in [-0.25, -0.2) is 4.79 Å². The monoisotopic (exact) mass is 392 g/mol. The number of nitrogen functional groups attached to an aromatic ring is 1. The molecule has 0 aliphatic carbocycles. The number of anilines is 2. The van der Waals surface area contributed by atoms with Crippen LogP contribution in [0.5, 0.6) is 0 Å². The number of aromatic nitrogens is 2. The fourth-order valence-corrected chi connectivity index (χ4v) is 2.91. The van der Waals surface area contributed by atoms with Crippen LogP contribution in [0.2, 0.25) is 0 Å². The molecule has 0 radical (unpaired) electrons. The van der Waals surface area contributed by atoms with Crippen LogP contribution in [-0.2, 0) is 11.3 Å². The lowest BCUT2D eigenvalue weighted by Gasteiger charge is -2.20. The summed E-state index contributed by atoms with van der Waals surface area (Å²) in [7, 11) is 1.27. The van der Waals surface area contributed by atoms with Crippen LogP contribution in [0.1, 0.15) is 21.5 Å². The minimum Gasteiger partial charge on any atom is -0.383 e. The molecule has 0 unspecified atom stereocenters. The Morgan fingerprint density at radius 1 is 1.03 bits per heavy atom. The van der Waals surface area contributed by atoms with Crippen LogP contribution < -0.4 is 21.9 Å². The van der Waals surface area contributed by atoms with Gasteiger partial charge in [0.05, 0.1) is 6.54 Å². The summed E-state index contributed by atoms with van der Waals surface area (Å²) < 4.78 is 1.15. The van der Waals surface area contributed by atoms with Crippen LogP contribution in [0.15, 0.2) is 64.2 Å². The maximum atomic E-state index is 12.7. The Bertz CT molecular complexity index is 1180. The fourth-order valence-electron chi connectivity index (χ4n) is 2.91. The number of nitrogens with zero attached hydrogens (tertiary/aromatic N) is 2. The number of aromatic amines is 1. The zero-order chi connectivity index (χ0) is 21.1. The SMILES string of the molecule is Cc1ccc(C(=O)C(=O)N(C)c2c(N)n(Cc3ccccc3)c(=O)[nH]c2=O)cc1. The average Bonchev–Trinajstić information content (AvgIpc) is 2.71. The number of carbonyl (C=O) groups excluding carboxylic acids is 2. The van der Waals surface area contributed by atoms with E-state index in [4.69, 9.17) is 5.73 Å². The smallest absolute Gasteiger partial charge is 0.330 e. The van der Waals surface area contributed by atoms with Gasteiger partial charge in [0.1, 0.15) is 5.82 Å². The number of carbonyl (C=O) groups is 2. The number of Topliss-reactive ketones (excluding diaryl/α,β-unsaturated/α-hetero) is 1. The van der Waals surface area contributed by atoms with Crippen LogP contribution >= 0.6 is 0 Å². The molecule has 2 aromatic carbocycles. The standard InChI is InChI=1S/C21H20N4O4/c1-13-8-10-15(11-9-13)17(26)20(28)24(2)16-18(22)25(21(29)23-19(16)27)12-14-6-4-3-5-7-14/h3-11H,12,22H2,1-2H3,(H,23,27,29). The highest BCUT2D eigenvalue weighted by atomic mass is 16.2. The maximum absolute atomic E-state index is 12.7. The molecule has 148 valence electrons. The zero-order valence-corrected chi connectivity index (χ0v) is 16.0. The molecule has 0 atom stereocenters. The number of ketones is 1. The Morgan fingerprint density at radius 2 is 1.66 bits per heavy atom. The molecule has 1 aromatic heterocycles. The largest absolute Gasteiger partial charge is 0.383 e. The fraction of sp³-hybridized carbons (Fsp3) is 0.143. The topological polar surface area (TPSA) is 118 Å². The van der Waals surface area contributed by atoms with Crippen LogP contribution in [0, 0.1) is 6.92 Å². The van der Waals surface area contributed by atoms with Crippen LogP contribution in [0.4, 0.5) is 11.5 Å². The number of H-pyrrole nitrogens is 1. The van der Waals surface area contributed by atoms with Crippen molar-refractivity contribution in [3.05, 3.63) is 92.1 Å². The third-order valence-electron chi connectivity index (χ3n) is 4.55. The molecule has 0 saturated heterocycles. The number of nitrogens with one attached hydrogen (secondary N) is 1. The van der Waals surface area contributed by atoms with Gasteiger partial charge in [-0.1, -0.05) is 60.2 Å². The molecular formula is C21H20N4O4. The van der Waals surface area contributed by atoms with Crippen molar-refractivity contribution < 1.29 is 9.59 Å². The number of hydrogen-bond acceptors (Lipinski definition) is 5. The quantitative estimate of drug-likeness (QED) is 0.501. The van der Waals surface area contributed by atoms with Crippen molar-refractivity contribution in [2.75, 3.05) is 17.7 Å². The molecule has 0 fully saturated rings. The van der Waals surface area contributed by atoms with E-state index in [1.807, 2.05) is 13.0 Å². The Kier molecular flexibility index (Phi) is 5.45. The molecule has 8 nitrogen and oxygen atoms in total. The molecule has 0 saturated carbocycles. The van der Waals surface area contributed by atoms with Gasteiger partial charge in [-0.2, -0.15) is 0 Å². The van der Waals surface area contributed by atoms with E-state index in [1.165, 1.54) is 19.2 Å². The lowest BCUT2D eigenvalue weighted by molar-refractivity contribution is -0.114. The van der Waals surface area contributed by atoms with Gasteiger partial charge in [-0.3, -0.25) is 23.9 Å². The molecule has 0 spiro atoms. The third-order valence-corrected chi connectivity index (χ3v) is 4.55. The molecule has 0 bridgehead atoms. The van der Waals surface area contributed by atoms with Crippen LogP contribution in [0.25, 0.3) is 0 Å². The van der Waals surface area contributed by atoms with Gasteiger partial charge in [-0.05, 0) is 12.5 Å². The predicted molar refractivity (Wildman–Crippen MR) is 110 cm³/mol. The molecule has 0 aliphatic heterocycles. The van der Waals surface area contributed by atoms with E-state index >= 15 is 0 Å². The second kappa shape index (κ2) is 7.97. The van der Waals surface area contributed by atoms with E-state index in [0.29, 0.717) is 0 Å². The molecule has 0 aliphatic rings. The van der Waals surface area contributed by atoms with Gasteiger partial charge in [0, 0.05) is 12.6 Å². The summed E-state index contributed by atoms with van der Waals surface area (Å²) >= 11 is 0. The molecule has 1 heterocycles. The van der Waals surface area contributed by atoms with Crippen LogP contribution in [-0.4, -0.2) is 28.3 Å². The number of likely N-dealkylation sites (N-methyl/N-ethyl adjacent to an activating group) is 1. The molecule has 3 rings (SSSR count). The minimum atomic E-state index is -0.934. The first-order chi connectivity index (χ1) is 13.8. The van der Waals surface area contributed by atoms with Gasteiger partial charge in [0.15, 0.2) is 5.69 Å².